The number of allylic oxidation sites excluding steroid dienone is 10. The maximum Gasteiger partial charge on any atom is 0.185 e. The van der Waals surface area contributed by atoms with Crippen LogP contribution in [0.5, 0.6) is 0 Å². The van der Waals surface area contributed by atoms with E-state index in [0.717, 1.165) is 72.0 Å². The van der Waals surface area contributed by atoms with Crippen LogP contribution < -0.4 is 0 Å². The summed E-state index contributed by atoms with van der Waals surface area (Å²) in [5.74, 6) is 0.325. The molecule has 0 unspecified atom stereocenters. The molecule has 0 saturated carbocycles. The Morgan fingerprint density at radius 1 is 0.667 bits per heavy atom. The van der Waals surface area contributed by atoms with Gasteiger partial charge in [-0.1, -0.05) is 26.7 Å². The summed E-state index contributed by atoms with van der Waals surface area (Å²) in [6.07, 6.45) is 13.9. The van der Waals surface area contributed by atoms with Crippen LogP contribution in [0.4, 0.5) is 0 Å². The van der Waals surface area contributed by atoms with E-state index in [1.165, 1.54) is 0 Å². The quantitative estimate of drug-likeness (QED) is 0.639. The summed E-state index contributed by atoms with van der Waals surface area (Å²) < 4.78 is 0. The van der Waals surface area contributed by atoms with E-state index >= 15 is 0 Å². The number of ketones is 2. The zero-order valence-corrected chi connectivity index (χ0v) is 15.4. The lowest BCUT2D eigenvalue weighted by Gasteiger charge is -2.19. The smallest absolute Gasteiger partial charge is 0.185 e. The maximum absolute atomic E-state index is 12.7. The molecule has 0 heterocycles. The molecule has 2 rings (SSSR count). The molecule has 0 saturated heterocycles. The zero-order chi connectivity index (χ0) is 17.7. The molecule has 0 aliphatic heterocycles. The van der Waals surface area contributed by atoms with E-state index in [0.29, 0.717) is 0 Å². The summed E-state index contributed by atoms with van der Waals surface area (Å²) in [4.78, 5) is 24.7. The molecular formula is C22H28O2. The highest BCUT2D eigenvalue weighted by Crippen LogP contribution is 2.30. The molecule has 0 amide bonds. The number of carbonyl (C=O) groups is 2. The molecule has 128 valence electrons. The highest BCUT2D eigenvalue weighted by molar-refractivity contribution is 6.11. The van der Waals surface area contributed by atoms with Gasteiger partial charge in [0.2, 0.25) is 0 Å². The van der Waals surface area contributed by atoms with Crippen molar-refractivity contribution in [2.45, 2.75) is 66.2 Å². The van der Waals surface area contributed by atoms with E-state index in [4.69, 9.17) is 0 Å². The summed E-state index contributed by atoms with van der Waals surface area (Å²) in [5.41, 5.74) is 5.48. The summed E-state index contributed by atoms with van der Waals surface area (Å²) in [6.45, 7) is 8.01. The summed E-state index contributed by atoms with van der Waals surface area (Å²) >= 11 is 0. The average molecular weight is 324 g/mol. The minimum absolute atomic E-state index is 0.108. The van der Waals surface area contributed by atoms with Gasteiger partial charge in [0, 0.05) is 11.1 Å². The van der Waals surface area contributed by atoms with Crippen molar-refractivity contribution in [1.82, 2.24) is 0 Å². The lowest BCUT2D eigenvalue weighted by atomic mass is 9.84. The molecule has 0 radical (unpaired) electrons. The molecule has 2 aliphatic carbocycles. The van der Waals surface area contributed by atoms with Crippen molar-refractivity contribution < 1.29 is 9.59 Å². The Kier molecular flexibility index (Phi) is 6.30. The van der Waals surface area contributed by atoms with Gasteiger partial charge in [-0.3, -0.25) is 9.59 Å². The number of carbonyl (C=O) groups excluding carboxylic acids is 2. The Labute approximate surface area is 145 Å². The molecule has 24 heavy (non-hydrogen) atoms. The van der Waals surface area contributed by atoms with Gasteiger partial charge in [-0.2, -0.15) is 0 Å². The minimum atomic E-state index is 0.108. The minimum Gasteiger partial charge on any atom is -0.289 e. The Morgan fingerprint density at radius 2 is 1.08 bits per heavy atom. The second-order valence-electron chi connectivity index (χ2n) is 6.77. The average Bonchev–Trinajstić information content (AvgIpc) is 2.57. The fourth-order valence-electron chi connectivity index (χ4n) is 3.14. The van der Waals surface area contributed by atoms with Gasteiger partial charge in [0.05, 0.1) is 0 Å². The Hall–Kier alpha value is -1.96. The summed E-state index contributed by atoms with van der Waals surface area (Å²) in [6, 6.07) is 0. The van der Waals surface area contributed by atoms with Crippen LogP contribution in [0.2, 0.25) is 0 Å². The maximum atomic E-state index is 12.7. The molecule has 0 fully saturated rings. The number of hydrogen-bond donors (Lipinski definition) is 0. The van der Waals surface area contributed by atoms with Crippen molar-refractivity contribution >= 4 is 11.6 Å². The SMILES string of the molecule is CCCCC1=CC(=C2C=C(C)C(=O)C(C)=C2)C=C(CCCC)C1=O. The predicted molar refractivity (Wildman–Crippen MR) is 99.8 cm³/mol. The largest absolute Gasteiger partial charge is 0.289 e. The number of unbranched alkanes of at least 4 members (excludes halogenated alkanes) is 2. The van der Waals surface area contributed by atoms with Gasteiger partial charge in [-0.05, 0) is 86.1 Å². The van der Waals surface area contributed by atoms with Crippen LogP contribution in [0.15, 0.2) is 57.7 Å². The van der Waals surface area contributed by atoms with Crippen LogP contribution in [0, 0.1) is 0 Å². The molecule has 0 aromatic heterocycles. The van der Waals surface area contributed by atoms with Crippen LogP contribution in [-0.4, -0.2) is 11.6 Å². The van der Waals surface area contributed by atoms with Crippen molar-refractivity contribution in [3.63, 3.8) is 0 Å². The molecule has 0 aromatic rings. The van der Waals surface area contributed by atoms with Crippen molar-refractivity contribution in [3.8, 4) is 0 Å². The van der Waals surface area contributed by atoms with Gasteiger partial charge in [0.25, 0.3) is 0 Å². The standard InChI is InChI=1S/C22H28O2/c1-5-7-9-17-13-20(14-18(22(17)24)10-8-6-2)19-11-15(3)21(23)16(4)12-19/h11-14H,5-10H2,1-4H3. The first-order valence-electron chi connectivity index (χ1n) is 9.09. The molecule has 0 bridgehead atoms. The zero-order valence-electron chi connectivity index (χ0n) is 15.4. The van der Waals surface area contributed by atoms with Gasteiger partial charge >= 0.3 is 0 Å². The lowest BCUT2D eigenvalue weighted by Crippen LogP contribution is -2.13. The third-order valence-electron chi connectivity index (χ3n) is 4.64. The Bertz CT molecular complexity index is 639. The normalized spacial score (nSPS) is 18.3. The molecular weight excluding hydrogens is 296 g/mol. The summed E-state index contributed by atoms with van der Waals surface area (Å²) in [5, 5.41) is 0. The van der Waals surface area contributed by atoms with Crippen molar-refractivity contribution in [2.24, 2.45) is 0 Å². The topological polar surface area (TPSA) is 34.1 Å². The highest BCUT2D eigenvalue weighted by atomic mass is 16.1. The van der Waals surface area contributed by atoms with Crippen molar-refractivity contribution in [1.29, 1.82) is 0 Å². The second-order valence-corrected chi connectivity index (χ2v) is 6.77. The molecule has 0 N–H and O–H groups in total. The van der Waals surface area contributed by atoms with Gasteiger partial charge in [-0.15, -0.1) is 0 Å². The van der Waals surface area contributed by atoms with Crippen LogP contribution in [0.3, 0.4) is 0 Å². The Morgan fingerprint density at radius 3 is 1.50 bits per heavy atom. The molecule has 0 aromatic carbocycles. The van der Waals surface area contributed by atoms with E-state index in [2.05, 4.69) is 13.8 Å². The van der Waals surface area contributed by atoms with E-state index in [9.17, 15) is 9.59 Å². The molecule has 0 spiro atoms. The molecule has 2 nitrogen and oxygen atoms in total. The van der Waals surface area contributed by atoms with E-state index in [1.807, 2.05) is 38.2 Å². The fourth-order valence-corrected chi connectivity index (χ4v) is 3.14. The molecule has 2 heteroatoms. The first kappa shape index (κ1) is 18.4. The van der Waals surface area contributed by atoms with E-state index in [1.54, 1.807) is 0 Å². The van der Waals surface area contributed by atoms with Gasteiger partial charge in [0.15, 0.2) is 11.6 Å². The lowest BCUT2D eigenvalue weighted by molar-refractivity contribution is -0.113. The van der Waals surface area contributed by atoms with Crippen molar-refractivity contribution in [3.05, 3.63) is 57.7 Å². The van der Waals surface area contributed by atoms with Gasteiger partial charge in [0.1, 0.15) is 0 Å². The molecule has 0 atom stereocenters. The van der Waals surface area contributed by atoms with Crippen LogP contribution in [-0.2, 0) is 9.59 Å². The van der Waals surface area contributed by atoms with Crippen molar-refractivity contribution in [2.75, 3.05) is 0 Å². The first-order chi connectivity index (χ1) is 11.5. The number of rotatable bonds is 6. The van der Waals surface area contributed by atoms with Crippen LogP contribution >= 0.6 is 0 Å². The van der Waals surface area contributed by atoms with Gasteiger partial charge < -0.3 is 0 Å². The second kappa shape index (κ2) is 8.23. The fraction of sp³-hybridized carbons (Fsp3) is 0.455. The number of Topliss-reactive ketones (excluding diaryl/α,β-unsaturated/α-hetero) is 2. The van der Waals surface area contributed by atoms with Crippen LogP contribution in [0.1, 0.15) is 66.2 Å². The van der Waals surface area contributed by atoms with E-state index in [-0.39, 0.29) is 11.6 Å². The van der Waals surface area contributed by atoms with Gasteiger partial charge in [-0.25, -0.2) is 0 Å². The third kappa shape index (κ3) is 4.11. The Balaban J connectivity index is 2.47. The highest BCUT2D eigenvalue weighted by Gasteiger charge is 2.21. The molecule has 2 aliphatic rings. The third-order valence-corrected chi connectivity index (χ3v) is 4.64. The van der Waals surface area contributed by atoms with E-state index < -0.39 is 0 Å². The first-order valence-corrected chi connectivity index (χ1v) is 9.09. The van der Waals surface area contributed by atoms with Crippen LogP contribution in [0.25, 0.3) is 0 Å². The number of hydrogen-bond acceptors (Lipinski definition) is 2. The predicted octanol–water partition coefficient (Wildman–Crippen LogP) is 5.57. The monoisotopic (exact) mass is 324 g/mol. The summed E-state index contributed by atoms with van der Waals surface area (Å²) in [7, 11) is 0.